The van der Waals surface area contributed by atoms with Crippen molar-refractivity contribution in [2.24, 2.45) is 5.92 Å². The van der Waals surface area contributed by atoms with Crippen LogP contribution in [0.3, 0.4) is 0 Å². The Bertz CT molecular complexity index is 580. The summed E-state index contributed by atoms with van der Waals surface area (Å²) in [4.78, 5) is 14.1. The molecule has 0 fully saturated rings. The van der Waals surface area contributed by atoms with E-state index in [9.17, 15) is 4.79 Å². The third kappa shape index (κ3) is 4.08. The Labute approximate surface area is 158 Å². The SMILES string of the molecule is C=CCOc1ccc(C2=[C-]CC(C)C(=O)N2CC)c(C)c1.[Y]. The Balaban J connectivity index is 0.00000242. The summed E-state index contributed by atoms with van der Waals surface area (Å²) in [5.41, 5.74) is 3.02. The summed E-state index contributed by atoms with van der Waals surface area (Å²) >= 11 is 0. The first-order chi connectivity index (χ1) is 10.1. The molecule has 1 amide bonds. The van der Waals surface area contributed by atoms with Gasteiger partial charge in [0.15, 0.2) is 0 Å². The van der Waals surface area contributed by atoms with Crippen molar-refractivity contribution in [2.75, 3.05) is 13.2 Å². The smallest absolute Gasteiger partial charge is 0.225 e. The number of allylic oxidation sites excluding steroid dienone is 1. The van der Waals surface area contributed by atoms with Crippen LogP contribution in [-0.4, -0.2) is 24.0 Å². The second-order valence-electron chi connectivity index (χ2n) is 5.29. The molecule has 1 aromatic rings. The molecule has 0 N–H and O–H groups in total. The van der Waals surface area contributed by atoms with Crippen LogP contribution in [-0.2, 0) is 37.5 Å². The van der Waals surface area contributed by atoms with Crippen molar-refractivity contribution >= 4 is 11.6 Å². The Morgan fingerprint density at radius 3 is 2.82 bits per heavy atom. The van der Waals surface area contributed by atoms with Crippen LogP contribution in [0.2, 0.25) is 0 Å². The van der Waals surface area contributed by atoms with E-state index >= 15 is 0 Å². The number of carbonyl (C=O) groups is 1. The molecule has 1 atom stereocenters. The number of amides is 1. The first-order valence-electron chi connectivity index (χ1n) is 7.35. The van der Waals surface area contributed by atoms with Gasteiger partial charge in [0.2, 0.25) is 5.91 Å². The maximum Gasteiger partial charge on any atom is 0.225 e. The molecular formula is C18H22NO2Y-. The van der Waals surface area contributed by atoms with Gasteiger partial charge in [-0.15, -0.1) is 22.9 Å². The van der Waals surface area contributed by atoms with Gasteiger partial charge in [-0.2, -0.15) is 0 Å². The average Bonchev–Trinajstić information content (AvgIpc) is 2.48. The van der Waals surface area contributed by atoms with E-state index in [0.717, 1.165) is 22.6 Å². The Morgan fingerprint density at radius 2 is 2.23 bits per heavy atom. The van der Waals surface area contributed by atoms with Gasteiger partial charge in [0, 0.05) is 45.2 Å². The van der Waals surface area contributed by atoms with Crippen LogP contribution in [0.1, 0.15) is 31.4 Å². The van der Waals surface area contributed by atoms with Crippen LogP contribution in [0.5, 0.6) is 5.75 Å². The van der Waals surface area contributed by atoms with E-state index in [1.807, 2.05) is 43.9 Å². The van der Waals surface area contributed by atoms with Crippen LogP contribution in [0.15, 0.2) is 30.9 Å². The monoisotopic (exact) mass is 373 g/mol. The van der Waals surface area contributed by atoms with Gasteiger partial charge in [-0.25, -0.2) is 6.08 Å². The second-order valence-corrected chi connectivity index (χ2v) is 5.29. The number of carbonyl (C=O) groups excluding carboxylic acids is 1. The molecule has 2 rings (SSSR count). The van der Waals surface area contributed by atoms with Crippen LogP contribution >= 0.6 is 0 Å². The molecule has 0 saturated heterocycles. The van der Waals surface area contributed by atoms with Gasteiger partial charge in [0.25, 0.3) is 0 Å². The number of nitrogens with zero attached hydrogens (tertiary/aromatic N) is 1. The molecule has 1 aromatic carbocycles. The molecule has 0 aromatic heterocycles. The summed E-state index contributed by atoms with van der Waals surface area (Å²) < 4.78 is 5.54. The summed E-state index contributed by atoms with van der Waals surface area (Å²) in [5, 5.41) is 0. The summed E-state index contributed by atoms with van der Waals surface area (Å²) in [7, 11) is 0. The van der Waals surface area contributed by atoms with E-state index in [2.05, 4.69) is 12.7 Å². The summed E-state index contributed by atoms with van der Waals surface area (Å²) in [6.07, 6.45) is 5.79. The predicted octanol–water partition coefficient (Wildman–Crippen LogP) is 3.59. The molecular weight excluding hydrogens is 351 g/mol. The van der Waals surface area contributed by atoms with E-state index in [1.54, 1.807) is 6.08 Å². The molecule has 0 saturated carbocycles. The topological polar surface area (TPSA) is 29.5 Å². The van der Waals surface area contributed by atoms with E-state index in [-0.39, 0.29) is 44.5 Å². The number of hydrogen-bond donors (Lipinski definition) is 0. The van der Waals surface area contributed by atoms with Gasteiger partial charge in [0.05, 0.1) is 0 Å². The van der Waals surface area contributed by atoms with E-state index in [1.165, 1.54) is 0 Å². The maximum absolute atomic E-state index is 12.3. The summed E-state index contributed by atoms with van der Waals surface area (Å²) in [6.45, 7) is 10.8. The normalized spacial score (nSPS) is 17.6. The zero-order chi connectivity index (χ0) is 15.4. The van der Waals surface area contributed by atoms with Crippen molar-refractivity contribution in [3.63, 3.8) is 0 Å². The minimum Gasteiger partial charge on any atom is -0.490 e. The van der Waals surface area contributed by atoms with Gasteiger partial charge in [0.1, 0.15) is 12.4 Å². The average molecular weight is 373 g/mol. The van der Waals surface area contributed by atoms with Crippen molar-refractivity contribution in [1.29, 1.82) is 0 Å². The van der Waals surface area contributed by atoms with Gasteiger partial charge in [-0.1, -0.05) is 32.9 Å². The fraction of sp³-hybridized carbons (Fsp3) is 0.389. The molecule has 4 heteroatoms. The minimum absolute atomic E-state index is 0. The Morgan fingerprint density at radius 1 is 1.50 bits per heavy atom. The van der Waals surface area contributed by atoms with Crippen molar-refractivity contribution in [2.45, 2.75) is 27.2 Å². The molecule has 1 heterocycles. The van der Waals surface area contributed by atoms with E-state index in [0.29, 0.717) is 19.6 Å². The van der Waals surface area contributed by atoms with Crippen molar-refractivity contribution in [1.82, 2.24) is 4.90 Å². The molecule has 0 bridgehead atoms. The van der Waals surface area contributed by atoms with Crippen molar-refractivity contribution in [3.05, 3.63) is 48.1 Å². The predicted molar refractivity (Wildman–Crippen MR) is 84.7 cm³/mol. The minimum atomic E-state index is 0. The molecule has 0 spiro atoms. The third-order valence-corrected chi connectivity index (χ3v) is 3.67. The third-order valence-electron chi connectivity index (χ3n) is 3.67. The quantitative estimate of drug-likeness (QED) is 0.583. The number of ether oxygens (including phenoxy) is 1. The number of benzene rings is 1. The standard InChI is InChI=1S/C18H22NO2.Y/c1-5-11-21-15-8-9-16(14(4)12-15)17-10-7-13(3)18(20)19(17)6-2;/h5,8-9,12-13H,1,6-7,11H2,2-4H3;/q-1;. The van der Waals surface area contributed by atoms with Crippen molar-refractivity contribution < 1.29 is 42.2 Å². The zero-order valence-electron chi connectivity index (χ0n) is 13.6. The van der Waals surface area contributed by atoms with Gasteiger partial charge in [-0.05, 0) is 19.1 Å². The van der Waals surface area contributed by atoms with E-state index < -0.39 is 0 Å². The molecule has 1 unspecified atom stereocenters. The van der Waals surface area contributed by atoms with Crippen LogP contribution < -0.4 is 4.74 Å². The molecule has 115 valence electrons. The van der Waals surface area contributed by atoms with Crippen LogP contribution in [0, 0.1) is 18.9 Å². The van der Waals surface area contributed by atoms with Gasteiger partial charge < -0.3 is 9.64 Å². The maximum atomic E-state index is 12.3. The fourth-order valence-corrected chi connectivity index (χ4v) is 2.51. The number of hydrogen-bond acceptors (Lipinski definition) is 2. The molecule has 1 radical (unpaired) electrons. The fourth-order valence-electron chi connectivity index (χ4n) is 2.51. The molecule has 0 aliphatic carbocycles. The van der Waals surface area contributed by atoms with Crippen LogP contribution in [0.25, 0.3) is 5.70 Å². The zero-order valence-corrected chi connectivity index (χ0v) is 16.4. The Kier molecular flexibility index (Phi) is 7.51. The number of aryl methyl sites for hydroxylation is 1. The summed E-state index contributed by atoms with van der Waals surface area (Å²) in [6, 6.07) is 5.92. The largest absolute Gasteiger partial charge is 0.490 e. The molecule has 1 aliphatic heterocycles. The van der Waals surface area contributed by atoms with E-state index in [4.69, 9.17) is 4.74 Å². The first kappa shape index (κ1) is 19.1. The van der Waals surface area contributed by atoms with Crippen LogP contribution in [0.4, 0.5) is 0 Å². The second kappa shape index (κ2) is 8.64. The first-order valence-corrected chi connectivity index (χ1v) is 7.35. The Hall–Kier alpha value is -0.926. The summed E-state index contributed by atoms with van der Waals surface area (Å²) in [5.74, 6) is 1.01. The van der Waals surface area contributed by atoms with Gasteiger partial charge >= 0.3 is 0 Å². The molecule has 1 aliphatic rings. The van der Waals surface area contributed by atoms with Crippen molar-refractivity contribution in [3.8, 4) is 5.75 Å². The number of rotatable bonds is 5. The van der Waals surface area contributed by atoms with Gasteiger partial charge in [-0.3, -0.25) is 4.79 Å². The molecule has 3 nitrogen and oxygen atoms in total. The molecule has 22 heavy (non-hydrogen) atoms.